The first-order valence-electron chi connectivity index (χ1n) is 5.09. The topological polar surface area (TPSA) is 37.8 Å². The molecular formula is C12H11ClN2OS. The van der Waals surface area contributed by atoms with Gasteiger partial charge in [-0.15, -0.1) is 0 Å². The molecule has 1 N–H and O–H groups in total. The van der Waals surface area contributed by atoms with Crippen molar-refractivity contribution < 1.29 is 4.79 Å². The molecule has 0 saturated carbocycles. The first kappa shape index (κ1) is 12.1. The summed E-state index contributed by atoms with van der Waals surface area (Å²) in [7, 11) is 0. The normalized spacial score (nSPS) is 10.5. The van der Waals surface area contributed by atoms with E-state index in [2.05, 4.69) is 5.10 Å². The molecule has 0 aliphatic carbocycles. The largest absolute Gasteiger partial charge is 0.297 e. The second-order valence-electron chi connectivity index (χ2n) is 3.78. The molecule has 0 fully saturated rings. The van der Waals surface area contributed by atoms with E-state index in [1.54, 1.807) is 16.8 Å². The molecule has 3 nitrogen and oxygen atoms in total. The summed E-state index contributed by atoms with van der Waals surface area (Å²) in [5, 5.41) is 3.74. The van der Waals surface area contributed by atoms with Crippen molar-refractivity contribution in [1.29, 1.82) is 0 Å². The van der Waals surface area contributed by atoms with Crippen LogP contribution < -0.4 is 0 Å². The lowest BCUT2D eigenvalue weighted by atomic mass is 10.2. The molecule has 0 unspecified atom stereocenters. The van der Waals surface area contributed by atoms with Crippen molar-refractivity contribution in [2.45, 2.75) is 13.8 Å². The summed E-state index contributed by atoms with van der Waals surface area (Å²) in [6.45, 7) is 3.34. The number of rotatable bonds is 2. The third kappa shape index (κ3) is 2.18. The van der Waals surface area contributed by atoms with Gasteiger partial charge in [0.05, 0.1) is 11.3 Å². The Morgan fingerprint density at radius 3 is 2.41 bits per heavy atom. The summed E-state index contributed by atoms with van der Waals surface area (Å²) in [5.41, 5.74) is 2.20. The maximum absolute atomic E-state index is 11.5. The summed E-state index contributed by atoms with van der Waals surface area (Å²) >= 11 is 11.1. The number of benzene rings is 1. The molecule has 17 heavy (non-hydrogen) atoms. The number of hydrogen-bond acceptors (Lipinski definition) is 2. The Bertz CT molecular complexity index is 625. The van der Waals surface area contributed by atoms with E-state index in [1.165, 1.54) is 6.92 Å². The van der Waals surface area contributed by atoms with E-state index in [0.29, 0.717) is 15.2 Å². The molecule has 0 spiro atoms. The number of carbonyl (C=O) groups is 1. The lowest BCUT2D eigenvalue weighted by Gasteiger charge is -2.02. The van der Waals surface area contributed by atoms with Crippen molar-refractivity contribution in [1.82, 2.24) is 9.78 Å². The van der Waals surface area contributed by atoms with Gasteiger partial charge < -0.3 is 0 Å². The van der Waals surface area contributed by atoms with Gasteiger partial charge in [-0.2, -0.15) is 0 Å². The smallest absolute Gasteiger partial charge is 0.164 e. The van der Waals surface area contributed by atoms with Gasteiger partial charge in [-0.3, -0.25) is 9.89 Å². The number of aromatic nitrogens is 2. The number of halogens is 1. The number of ketones is 1. The fourth-order valence-corrected chi connectivity index (χ4v) is 2.31. The standard InChI is InChI=1S/C12H11ClN2OS/c1-7-11(8(2)16)12(17)15(14-7)10-5-3-9(13)4-6-10/h3-6,14H,1-2H3. The quantitative estimate of drug-likeness (QED) is 0.665. The Hall–Kier alpha value is -1.39. The number of hydrogen-bond donors (Lipinski definition) is 1. The summed E-state index contributed by atoms with van der Waals surface area (Å²) < 4.78 is 2.20. The van der Waals surface area contributed by atoms with Crippen molar-refractivity contribution in [3.05, 3.63) is 45.2 Å². The van der Waals surface area contributed by atoms with Crippen molar-refractivity contribution in [2.24, 2.45) is 0 Å². The summed E-state index contributed by atoms with van der Waals surface area (Å²) in [4.78, 5) is 11.5. The minimum absolute atomic E-state index is 0.0311. The van der Waals surface area contributed by atoms with Crippen molar-refractivity contribution in [3.63, 3.8) is 0 Å². The van der Waals surface area contributed by atoms with Gasteiger partial charge in [-0.1, -0.05) is 23.8 Å². The average molecular weight is 267 g/mol. The maximum atomic E-state index is 11.5. The molecule has 5 heteroatoms. The molecule has 0 saturated heterocycles. The van der Waals surface area contributed by atoms with Gasteiger partial charge in [0.25, 0.3) is 0 Å². The number of nitrogens with zero attached hydrogens (tertiary/aromatic N) is 1. The van der Waals surface area contributed by atoms with Crippen LogP contribution in [-0.4, -0.2) is 15.6 Å². The molecule has 0 bridgehead atoms. The molecule has 1 aromatic carbocycles. The van der Waals surface area contributed by atoms with E-state index in [0.717, 1.165) is 11.4 Å². The van der Waals surface area contributed by atoms with Crippen LogP contribution in [0.5, 0.6) is 0 Å². The zero-order valence-electron chi connectivity index (χ0n) is 9.45. The van der Waals surface area contributed by atoms with Gasteiger partial charge >= 0.3 is 0 Å². The Labute approximate surface area is 109 Å². The lowest BCUT2D eigenvalue weighted by molar-refractivity contribution is 0.101. The first-order chi connectivity index (χ1) is 8.00. The van der Waals surface area contributed by atoms with Crippen LogP contribution >= 0.6 is 23.8 Å². The summed E-state index contributed by atoms with van der Waals surface area (Å²) in [5.74, 6) is -0.0311. The second kappa shape index (κ2) is 4.47. The van der Waals surface area contributed by atoms with Crippen LogP contribution in [0.3, 0.4) is 0 Å². The van der Waals surface area contributed by atoms with Crippen LogP contribution in [0, 0.1) is 11.6 Å². The Balaban J connectivity index is 2.62. The molecule has 1 aromatic heterocycles. The summed E-state index contributed by atoms with van der Waals surface area (Å²) in [6.07, 6.45) is 0. The van der Waals surface area contributed by atoms with Gasteiger partial charge in [0.1, 0.15) is 4.64 Å². The minimum Gasteiger partial charge on any atom is -0.297 e. The van der Waals surface area contributed by atoms with Crippen molar-refractivity contribution >= 4 is 29.6 Å². The number of aryl methyl sites for hydroxylation is 1. The second-order valence-corrected chi connectivity index (χ2v) is 4.61. The van der Waals surface area contributed by atoms with Crippen molar-refractivity contribution in [2.75, 3.05) is 0 Å². The molecule has 88 valence electrons. The molecule has 0 amide bonds. The lowest BCUT2D eigenvalue weighted by Crippen LogP contribution is -1.97. The Morgan fingerprint density at radius 2 is 1.94 bits per heavy atom. The molecule has 0 atom stereocenters. The number of H-pyrrole nitrogens is 1. The van der Waals surface area contributed by atoms with E-state index in [-0.39, 0.29) is 5.78 Å². The third-order valence-electron chi connectivity index (χ3n) is 2.51. The zero-order valence-corrected chi connectivity index (χ0v) is 11.0. The SMILES string of the molecule is CC(=O)c1c(C)[nH]n(-c2ccc(Cl)cc2)c1=S. The van der Waals surface area contributed by atoms with Crippen molar-refractivity contribution in [3.8, 4) is 5.69 Å². The molecule has 2 aromatic rings. The van der Waals surface area contributed by atoms with Crippen LogP contribution in [0.1, 0.15) is 23.0 Å². The van der Waals surface area contributed by atoms with E-state index in [9.17, 15) is 4.79 Å². The molecule has 0 aliphatic heterocycles. The summed E-state index contributed by atoms with van der Waals surface area (Å²) in [6, 6.07) is 7.25. The molecular weight excluding hydrogens is 256 g/mol. The highest BCUT2D eigenvalue weighted by molar-refractivity contribution is 7.71. The van der Waals surface area contributed by atoms with Gasteiger partial charge in [-0.25, -0.2) is 4.68 Å². The fourth-order valence-electron chi connectivity index (χ4n) is 1.73. The van der Waals surface area contributed by atoms with Gasteiger partial charge in [-0.05, 0) is 38.1 Å². The predicted octanol–water partition coefficient (Wildman–Crippen LogP) is 3.70. The molecule has 1 heterocycles. The van der Waals surface area contributed by atoms with Crippen LogP contribution in [0.2, 0.25) is 5.02 Å². The van der Waals surface area contributed by atoms with Crippen LogP contribution in [0.15, 0.2) is 24.3 Å². The monoisotopic (exact) mass is 266 g/mol. The van der Waals surface area contributed by atoms with Crippen LogP contribution in [0.25, 0.3) is 5.69 Å². The van der Waals surface area contributed by atoms with Crippen LogP contribution in [0.4, 0.5) is 0 Å². The fraction of sp³-hybridized carbons (Fsp3) is 0.167. The van der Waals surface area contributed by atoms with Gasteiger partial charge in [0.2, 0.25) is 0 Å². The van der Waals surface area contributed by atoms with Gasteiger partial charge in [0, 0.05) is 10.7 Å². The zero-order chi connectivity index (χ0) is 12.6. The van der Waals surface area contributed by atoms with Crippen LogP contribution in [-0.2, 0) is 0 Å². The van der Waals surface area contributed by atoms with E-state index >= 15 is 0 Å². The molecule has 2 rings (SSSR count). The highest BCUT2D eigenvalue weighted by Crippen LogP contribution is 2.17. The number of aromatic amines is 1. The maximum Gasteiger partial charge on any atom is 0.164 e. The Kier molecular flexibility index (Phi) is 3.17. The van der Waals surface area contributed by atoms with E-state index in [1.807, 2.05) is 19.1 Å². The highest BCUT2D eigenvalue weighted by Gasteiger charge is 2.12. The Morgan fingerprint density at radius 1 is 1.35 bits per heavy atom. The first-order valence-corrected chi connectivity index (χ1v) is 5.88. The predicted molar refractivity (Wildman–Crippen MR) is 70.7 cm³/mol. The average Bonchev–Trinajstić information content (AvgIpc) is 2.55. The number of nitrogens with one attached hydrogen (secondary N) is 1. The van der Waals surface area contributed by atoms with Gasteiger partial charge in [0.15, 0.2) is 5.78 Å². The van der Waals surface area contributed by atoms with E-state index < -0.39 is 0 Å². The minimum atomic E-state index is -0.0311. The number of Topliss-reactive ketones (excluding diaryl/α,β-unsaturated/α-hetero) is 1. The molecule has 0 radical (unpaired) electrons. The van der Waals surface area contributed by atoms with E-state index in [4.69, 9.17) is 23.8 Å². The third-order valence-corrected chi connectivity index (χ3v) is 3.15. The highest BCUT2D eigenvalue weighted by atomic mass is 35.5. The molecule has 0 aliphatic rings. The number of carbonyl (C=O) groups excluding carboxylic acids is 1.